The normalized spacial score (nSPS) is 10.1. The van der Waals surface area contributed by atoms with E-state index >= 15 is 0 Å². The molecule has 0 radical (unpaired) electrons. The molecule has 5 heteroatoms. The Labute approximate surface area is 142 Å². The van der Waals surface area contributed by atoms with Crippen LogP contribution in [0.3, 0.4) is 0 Å². The van der Waals surface area contributed by atoms with Crippen LogP contribution in [-0.4, -0.2) is 18.4 Å². The number of rotatable bonds is 7. The first-order valence-electron chi connectivity index (χ1n) is 8.07. The monoisotopic (exact) mass is 325 g/mol. The molecule has 0 saturated carbocycles. The summed E-state index contributed by atoms with van der Waals surface area (Å²) in [7, 11) is 0. The minimum atomic E-state index is -0.0975. The van der Waals surface area contributed by atoms with Crippen molar-refractivity contribution in [1.82, 2.24) is 0 Å². The van der Waals surface area contributed by atoms with Gasteiger partial charge < -0.3 is 16.0 Å². The number of hydrogen-bond acceptors (Lipinski definition) is 3. The lowest BCUT2D eigenvalue weighted by atomic mass is 10.1. The van der Waals surface area contributed by atoms with Gasteiger partial charge in [-0.3, -0.25) is 9.59 Å². The predicted octanol–water partition coefficient (Wildman–Crippen LogP) is 3.65. The van der Waals surface area contributed by atoms with Gasteiger partial charge in [-0.2, -0.15) is 0 Å². The number of amides is 2. The van der Waals surface area contributed by atoms with E-state index in [1.807, 2.05) is 48.5 Å². The van der Waals surface area contributed by atoms with Gasteiger partial charge in [0.05, 0.1) is 0 Å². The Morgan fingerprint density at radius 3 is 2.25 bits per heavy atom. The van der Waals surface area contributed by atoms with Crippen LogP contribution in [0.15, 0.2) is 48.5 Å². The second-order valence-corrected chi connectivity index (χ2v) is 5.49. The van der Waals surface area contributed by atoms with Crippen LogP contribution < -0.4 is 16.0 Å². The third-order valence-electron chi connectivity index (χ3n) is 3.56. The Balaban J connectivity index is 1.79. The largest absolute Gasteiger partial charge is 0.385 e. The molecule has 0 aliphatic carbocycles. The number of benzene rings is 2. The summed E-state index contributed by atoms with van der Waals surface area (Å²) in [5, 5.41) is 8.86. The molecule has 0 aliphatic heterocycles. The maximum Gasteiger partial charge on any atom is 0.226 e. The van der Waals surface area contributed by atoms with E-state index in [-0.39, 0.29) is 11.8 Å². The quantitative estimate of drug-likeness (QED) is 0.728. The zero-order valence-corrected chi connectivity index (χ0v) is 14.1. The molecule has 3 N–H and O–H groups in total. The molecule has 0 fully saturated rings. The molecule has 0 aromatic heterocycles. The van der Waals surface area contributed by atoms with Crippen molar-refractivity contribution in [2.45, 2.75) is 26.7 Å². The summed E-state index contributed by atoms with van der Waals surface area (Å²) in [6, 6.07) is 15.2. The maximum atomic E-state index is 12.0. The molecule has 2 amide bonds. The summed E-state index contributed by atoms with van der Waals surface area (Å²) in [5.41, 5.74) is 3.67. The average Bonchev–Trinajstić information content (AvgIpc) is 2.56. The molecule has 24 heavy (non-hydrogen) atoms. The number of aryl methyl sites for hydroxylation is 1. The highest BCUT2D eigenvalue weighted by Crippen LogP contribution is 2.16. The van der Waals surface area contributed by atoms with Crippen LogP contribution in [0.5, 0.6) is 0 Å². The molecule has 5 nitrogen and oxygen atoms in total. The number of nitrogens with one attached hydrogen (secondary N) is 3. The smallest absolute Gasteiger partial charge is 0.226 e. The van der Waals surface area contributed by atoms with Gasteiger partial charge in [0.1, 0.15) is 0 Å². The summed E-state index contributed by atoms with van der Waals surface area (Å²) in [4.78, 5) is 23.0. The molecule has 2 aromatic carbocycles. The molecule has 0 heterocycles. The van der Waals surface area contributed by atoms with Gasteiger partial charge >= 0.3 is 0 Å². The molecular weight excluding hydrogens is 302 g/mol. The Morgan fingerprint density at radius 1 is 0.917 bits per heavy atom. The lowest BCUT2D eigenvalue weighted by Gasteiger charge is -2.11. The lowest BCUT2D eigenvalue weighted by Crippen LogP contribution is -2.17. The number of para-hydroxylation sites is 1. The highest BCUT2D eigenvalue weighted by atomic mass is 16.2. The Hall–Kier alpha value is -2.82. The zero-order valence-electron chi connectivity index (χ0n) is 14.1. The fraction of sp³-hybridized carbons (Fsp3) is 0.263. The van der Waals surface area contributed by atoms with Crippen molar-refractivity contribution in [2.24, 2.45) is 0 Å². The number of hydrogen-bond donors (Lipinski definition) is 3. The lowest BCUT2D eigenvalue weighted by molar-refractivity contribution is -0.116. The maximum absolute atomic E-state index is 12.0. The van der Waals surface area contributed by atoms with Gasteiger partial charge in [-0.25, -0.2) is 0 Å². The van der Waals surface area contributed by atoms with Gasteiger partial charge in [0.2, 0.25) is 11.8 Å². The highest BCUT2D eigenvalue weighted by Gasteiger charge is 2.05. The summed E-state index contributed by atoms with van der Waals surface area (Å²) in [5.74, 6) is -0.113. The van der Waals surface area contributed by atoms with Crippen molar-refractivity contribution >= 4 is 28.9 Å². The van der Waals surface area contributed by atoms with Crippen molar-refractivity contribution in [1.29, 1.82) is 0 Å². The third-order valence-corrected chi connectivity index (χ3v) is 3.56. The SMILES string of the molecule is CCc1ccccc1NC(=O)CCNc1ccc(NC(C)=O)cc1. The topological polar surface area (TPSA) is 70.2 Å². The van der Waals surface area contributed by atoms with E-state index in [0.29, 0.717) is 13.0 Å². The van der Waals surface area contributed by atoms with Gasteiger partial charge in [-0.05, 0) is 42.3 Å². The zero-order chi connectivity index (χ0) is 17.4. The fourth-order valence-corrected chi connectivity index (χ4v) is 2.36. The van der Waals surface area contributed by atoms with E-state index in [1.54, 1.807) is 0 Å². The van der Waals surface area contributed by atoms with Crippen molar-refractivity contribution in [3.63, 3.8) is 0 Å². The molecular formula is C19H23N3O2. The van der Waals surface area contributed by atoms with Crippen LogP contribution in [0, 0.1) is 0 Å². The van der Waals surface area contributed by atoms with Crippen LogP contribution >= 0.6 is 0 Å². The molecule has 2 rings (SSSR count). The van der Waals surface area contributed by atoms with Crippen LogP contribution in [0.25, 0.3) is 0 Å². The second kappa shape index (κ2) is 8.72. The minimum Gasteiger partial charge on any atom is -0.385 e. The molecule has 0 unspecified atom stereocenters. The molecule has 0 bridgehead atoms. The number of carbonyl (C=O) groups is 2. The Bertz CT molecular complexity index is 696. The van der Waals surface area contributed by atoms with Gasteiger partial charge in [-0.15, -0.1) is 0 Å². The van der Waals surface area contributed by atoms with Crippen molar-refractivity contribution < 1.29 is 9.59 Å². The fourth-order valence-electron chi connectivity index (χ4n) is 2.36. The van der Waals surface area contributed by atoms with Gasteiger partial charge in [-0.1, -0.05) is 25.1 Å². The highest BCUT2D eigenvalue weighted by molar-refractivity contribution is 5.92. The third kappa shape index (κ3) is 5.43. The predicted molar refractivity (Wildman–Crippen MR) is 98.3 cm³/mol. The van der Waals surface area contributed by atoms with E-state index in [2.05, 4.69) is 22.9 Å². The Kier molecular flexibility index (Phi) is 6.37. The molecule has 0 spiro atoms. The van der Waals surface area contributed by atoms with E-state index in [4.69, 9.17) is 0 Å². The first-order chi connectivity index (χ1) is 11.6. The van der Waals surface area contributed by atoms with Gasteiger partial charge in [0, 0.05) is 37.0 Å². The van der Waals surface area contributed by atoms with E-state index in [9.17, 15) is 9.59 Å². The molecule has 126 valence electrons. The molecule has 0 atom stereocenters. The van der Waals surface area contributed by atoms with Crippen molar-refractivity contribution in [3.8, 4) is 0 Å². The molecule has 0 aliphatic rings. The van der Waals surface area contributed by atoms with Crippen LogP contribution in [-0.2, 0) is 16.0 Å². The van der Waals surface area contributed by atoms with E-state index in [1.165, 1.54) is 6.92 Å². The summed E-state index contributed by atoms with van der Waals surface area (Å²) in [6.07, 6.45) is 1.26. The van der Waals surface area contributed by atoms with E-state index < -0.39 is 0 Å². The number of carbonyl (C=O) groups excluding carboxylic acids is 2. The summed E-state index contributed by atoms with van der Waals surface area (Å²) >= 11 is 0. The first-order valence-corrected chi connectivity index (χ1v) is 8.07. The Morgan fingerprint density at radius 2 is 1.58 bits per heavy atom. The van der Waals surface area contributed by atoms with Gasteiger partial charge in [0.25, 0.3) is 0 Å². The van der Waals surface area contributed by atoms with Crippen LogP contribution in [0.4, 0.5) is 17.1 Å². The summed E-state index contributed by atoms with van der Waals surface area (Å²) < 4.78 is 0. The van der Waals surface area contributed by atoms with Crippen molar-refractivity contribution in [3.05, 3.63) is 54.1 Å². The van der Waals surface area contributed by atoms with Crippen molar-refractivity contribution in [2.75, 3.05) is 22.5 Å². The molecule has 2 aromatic rings. The van der Waals surface area contributed by atoms with Crippen LogP contribution in [0.2, 0.25) is 0 Å². The molecule has 0 saturated heterocycles. The second-order valence-electron chi connectivity index (χ2n) is 5.49. The standard InChI is InChI=1S/C19H23N3O2/c1-3-15-6-4-5-7-18(15)22-19(24)12-13-20-16-8-10-17(11-9-16)21-14(2)23/h4-11,20H,3,12-13H2,1-2H3,(H,21,23)(H,22,24). The minimum absolute atomic E-state index is 0.0155. The van der Waals surface area contributed by atoms with Gasteiger partial charge in [0.15, 0.2) is 0 Å². The first kappa shape index (κ1) is 17.5. The average molecular weight is 325 g/mol. The van der Waals surface area contributed by atoms with E-state index in [0.717, 1.165) is 29.0 Å². The summed E-state index contributed by atoms with van der Waals surface area (Å²) in [6.45, 7) is 4.08. The number of anilines is 3. The van der Waals surface area contributed by atoms with Crippen LogP contribution in [0.1, 0.15) is 25.8 Å².